The lowest BCUT2D eigenvalue weighted by Gasteiger charge is -2.17. The van der Waals surface area contributed by atoms with Crippen LogP contribution < -0.4 is 9.13 Å². The molecule has 1 atom stereocenters. The second-order valence-electron chi connectivity index (χ2n) is 9.10. The maximum atomic E-state index is 6.55. The summed E-state index contributed by atoms with van der Waals surface area (Å²) in [6.45, 7) is 2.16. The van der Waals surface area contributed by atoms with Crippen molar-refractivity contribution in [1.82, 2.24) is 0 Å². The van der Waals surface area contributed by atoms with E-state index in [4.69, 9.17) is 4.42 Å². The van der Waals surface area contributed by atoms with Crippen LogP contribution >= 0.6 is 0 Å². The summed E-state index contributed by atoms with van der Waals surface area (Å²) in [4.78, 5) is 0. The van der Waals surface area contributed by atoms with Gasteiger partial charge in [0.15, 0.2) is 12.4 Å². The maximum absolute atomic E-state index is 6.55. The third kappa shape index (κ3) is 1.89. The molecule has 1 unspecified atom stereocenters. The van der Waals surface area contributed by atoms with E-state index in [-0.39, 0.29) is 0 Å². The van der Waals surface area contributed by atoms with Crippen LogP contribution in [-0.2, 0) is 5.66 Å². The normalized spacial score (nSPS) is 17.4. The van der Waals surface area contributed by atoms with Gasteiger partial charge in [-0.25, -0.2) is 0 Å². The highest BCUT2D eigenvalue weighted by Crippen LogP contribution is 2.50. The van der Waals surface area contributed by atoms with Crippen molar-refractivity contribution < 1.29 is 13.6 Å². The Morgan fingerprint density at radius 2 is 1.48 bits per heavy atom. The number of fused-ring (bicyclic) bond motifs is 14. The molecule has 0 saturated heterocycles. The molecule has 0 fully saturated rings. The number of hydrogen-bond acceptors (Lipinski definition) is 1. The van der Waals surface area contributed by atoms with Crippen molar-refractivity contribution >= 4 is 21.9 Å². The fourth-order valence-electron chi connectivity index (χ4n) is 6.15. The lowest BCUT2D eigenvalue weighted by Crippen LogP contribution is -2.71. The summed E-state index contributed by atoms with van der Waals surface area (Å²) < 4.78 is 11.4. The van der Waals surface area contributed by atoms with Gasteiger partial charge < -0.3 is 4.42 Å². The number of aryl methyl sites for hydroxylation is 1. The van der Waals surface area contributed by atoms with Gasteiger partial charge in [-0.1, -0.05) is 30.3 Å². The predicted molar refractivity (Wildman–Crippen MR) is 128 cm³/mol. The Balaban J connectivity index is 1.63. The van der Waals surface area contributed by atoms with Gasteiger partial charge in [-0.2, -0.15) is 0 Å². The zero-order chi connectivity index (χ0) is 21.7. The number of rotatable bonds is 0. The summed E-state index contributed by atoms with van der Waals surface area (Å²) >= 11 is 0. The van der Waals surface area contributed by atoms with Crippen molar-refractivity contribution in [2.75, 3.05) is 0 Å². The van der Waals surface area contributed by atoms with E-state index in [1.165, 1.54) is 44.6 Å². The van der Waals surface area contributed by atoms with Gasteiger partial charge >= 0.3 is 5.66 Å². The first-order valence-corrected chi connectivity index (χ1v) is 11.4. The van der Waals surface area contributed by atoms with E-state index in [1.807, 2.05) is 6.07 Å². The Bertz CT molecular complexity index is 1750. The second kappa shape index (κ2) is 5.76. The predicted octanol–water partition coefficient (Wildman–Crippen LogP) is 5.73. The van der Waals surface area contributed by atoms with Gasteiger partial charge in [0, 0.05) is 35.0 Å². The number of nitrogens with zero attached hydrogens (tertiary/aromatic N) is 2. The minimum atomic E-state index is -0.487. The van der Waals surface area contributed by atoms with Crippen LogP contribution in [0.2, 0.25) is 0 Å². The van der Waals surface area contributed by atoms with Crippen LogP contribution in [0.4, 0.5) is 0 Å². The molecule has 2 aliphatic heterocycles. The highest BCUT2D eigenvalue weighted by Gasteiger charge is 2.66. The third-order valence-electron chi connectivity index (χ3n) is 7.42. The molecule has 3 heteroatoms. The van der Waals surface area contributed by atoms with Crippen molar-refractivity contribution in [3.8, 4) is 22.5 Å². The van der Waals surface area contributed by atoms with E-state index < -0.39 is 5.66 Å². The fourth-order valence-corrected chi connectivity index (χ4v) is 6.15. The summed E-state index contributed by atoms with van der Waals surface area (Å²) in [6, 6.07) is 32.7. The van der Waals surface area contributed by atoms with Crippen LogP contribution in [0, 0.1) is 6.92 Å². The Labute approximate surface area is 190 Å². The van der Waals surface area contributed by atoms with E-state index in [9.17, 15) is 0 Å². The number of aromatic nitrogens is 2. The molecule has 0 radical (unpaired) electrons. The molecule has 0 amide bonds. The molecule has 0 aliphatic carbocycles. The van der Waals surface area contributed by atoms with Crippen LogP contribution in [-0.4, -0.2) is 0 Å². The highest BCUT2D eigenvalue weighted by molar-refractivity contribution is 6.10. The molecule has 154 valence electrons. The molecule has 0 saturated carbocycles. The van der Waals surface area contributed by atoms with Crippen LogP contribution in [0.25, 0.3) is 44.5 Å². The van der Waals surface area contributed by atoms with Gasteiger partial charge in [-0.3, -0.25) is 0 Å². The highest BCUT2D eigenvalue weighted by atomic mass is 16.3. The van der Waals surface area contributed by atoms with Gasteiger partial charge in [0.25, 0.3) is 0 Å². The van der Waals surface area contributed by atoms with Crippen LogP contribution in [0.15, 0.2) is 108 Å². The van der Waals surface area contributed by atoms with Gasteiger partial charge in [-0.15, -0.1) is 9.13 Å². The minimum absolute atomic E-state index is 0.487. The molecular formula is C30H20N2O+2. The Kier molecular flexibility index (Phi) is 3.02. The van der Waals surface area contributed by atoms with Crippen molar-refractivity contribution in [3.05, 3.63) is 120 Å². The quantitative estimate of drug-likeness (QED) is 0.285. The SMILES string of the molecule is Cc1cc[n+]2c(c1)-c1c(ccc3c1oc1ccccc13)C21c2ccccc2-c2cccc[n+]21. The van der Waals surface area contributed by atoms with Gasteiger partial charge in [0.05, 0.1) is 5.56 Å². The molecule has 5 heterocycles. The number of pyridine rings is 2. The Hall–Kier alpha value is -4.24. The number of furan rings is 1. The first-order valence-electron chi connectivity index (χ1n) is 11.4. The number of benzene rings is 3. The maximum Gasteiger partial charge on any atom is 0.417 e. The molecular weight excluding hydrogens is 404 g/mol. The van der Waals surface area contributed by atoms with Crippen LogP contribution in [0.5, 0.6) is 0 Å². The molecule has 0 N–H and O–H groups in total. The van der Waals surface area contributed by atoms with Gasteiger partial charge in [-0.05, 0) is 48.9 Å². The third-order valence-corrected chi connectivity index (χ3v) is 7.42. The number of para-hydroxylation sites is 1. The minimum Gasteiger partial charge on any atom is -0.455 e. The lowest BCUT2D eigenvalue weighted by molar-refractivity contribution is -0.955. The zero-order valence-electron chi connectivity index (χ0n) is 18.1. The molecule has 3 nitrogen and oxygen atoms in total. The zero-order valence-corrected chi connectivity index (χ0v) is 18.1. The molecule has 1 spiro atoms. The molecule has 33 heavy (non-hydrogen) atoms. The summed E-state index contributed by atoms with van der Waals surface area (Å²) in [5.41, 5.74) is 10.1. The van der Waals surface area contributed by atoms with E-state index in [1.54, 1.807) is 0 Å². The van der Waals surface area contributed by atoms with Crippen molar-refractivity contribution in [3.63, 3.8) is 0 Å². The van der Waals surface area contributed by atoms with Crippen LogP contribution in [0.1, 0.15) is 16.7 Å². The summed E-state index contributed by atoms with van der Waals surface area (Å²) in [7, 11) is 0. The van der Waals surface area contributed by atoms with Crippen molar-refractivity contribution in [2.24, 2.45) is 0 Å². The molecule has 3 aromatic heterocycles. The monoisotopic (exact) mass is 424 g/mol. The van der Waals surface area contributed by atoms with Gasteiger partial charge in [0.1, 0.15) is 27.9 Å². The molecule has 3 aromatic carbocycles. The largest absolute Gasteiger partial charge is 0.455 e. The average Bonchev–Trinajstić information content (AvgIpc) is 3.47. The summed E-state index contributed by atoms with van der Waals surface area (Å²) in [5, 5.41) is 2.33. The summed E-state index contributed by atoms with van der Waals surface area (Å²) in [5.74, 6) is 0. The first-order chi connectivity index (χ1) is 16.3. The lowest BCUT2D eigenvalue weighted by atomic mass is 9.89. The van der Waals surface area contributed by atoms with E-state index >= 15 is 0 Å². The second-order valence-corrected chi connectivity index (χ2v) is 9.10. The standard InChI is InChI=1S/C30H20N2O/c1-19-15-17-32-26(18-19)28-24(14-13-21-20-8-3-5-12-27(20)33-29(21)28)30(32)23-10-4-2-9-22(23)25-11-6-7-16-31(25)30/h2-18H,1H3/q+2. The van der Waals surface area contributed by atoms with E-state index in [0.29, 0.717) is 0 Å². The molecule has 0 bridgehead atoms. The fraction of sp³-hybridized carbons (Fsp3) is 0.0667. The van der Waals surface area contributed by atoms with E-state index in [2.05, 4.69) is 113 Å². The first kappa shape index (κ1) is 17.3. The Morgan fingerprint density at radius 3 is 2.45 bits per heavy atom. The molecule has 8 rings (SSSR count). The van der Waals surface area contributed by atoms with Crippen molar-refractivity contribution in [2.45, 2.75) is 12.6 Å². The average molecular weight is 425 g/mol. The van der Waals surface area contributed by atoms with Gasteiger partial charge in [0.2, 0.25) is 11.4 Å². The topological polar surface area (TPSA) is 20.9 Å². The van der Waals surface area contributed by atoms with E-state index in [0.717, 1.165) is 16.6 Å². The Morgan fingerprint density at radius 1 is 0.667 bits per heavy atom. The van der Waals surface area contributed by atoms with Crippen molar-refractivity contribution in [1.29, 1.82) is 0 Å². The van der Waals surface area contributed by atoms with Crippen LogP contribution in [0.3, 0.4) is 0 Å². The smallest absolute Gasteiger partial charge is 0.417 e. The number of hydrogen-bond donors (Lipinski definition) is 0. The molecule has 2 aliphatic rings. The molecule has 6 aromatic rings. The summed E-state index contributed by atoms with van der Waals surface area (Å²) in [6.07, 6.45) is 4.45.